The number of sulfonamides is 1. The Morgan fingerprint density at radius 2 is 1.93 bits per heavy atom. The molecule has 1 aliphatic rings. The van der Waals surface area contributed by atoms with E-state index in [1.54, 1.807) is 20.8 Å². The fraction of sp³-hybridized carbons (Fsp3) is 0.611. The Bertz CT molecular complexity index is 756. The van der Waals surface area contributed by atoms with Crippen molar-refractivity contribution < 1.29 is 13.2 Å². The van der Waals surface area contributed by atoms with Crippen LogP contribution in [0.3, 0.4) is 0 Å². The molecular formula is C18H28N4O3S2. The molecule has 0 radical (unpaired) electrons. The average Bonchev–Trinajstić information content (AvgIpc) is 3.13. The van der Waals surface area contributed by atoms with Crippen LogP contribution in [0.15, 0.2) is 33.9 Å². The molecule has 1 aromatic rings. The summed E-state index contributed by atoms with van der Waals surface area (Å²) in [4.78, 5) is 11.9. The molecule has 1 aliphatic heterocycles. The minimum Gasteiger partial charge on any atom is -0.352 e. The largest absolute Gasteiger partial charge is 0.352 e. The van der Waals surface area contributed by atoms with Gasteiger partial charge in [0.1, 0.15) is 6.04 Å². The second kappa shape index (κ2) is 9.66. The molecule has 150 valence electrons. The number of benzene rings is 1. The van der Waals surface area contributed by atoms with Gasteiger partial charge in [-0.15, -0.1) is 4.52 Å². The Kier molecular flexibility index (Phi) is 7.81. The number of carbonyl (C=O) groups excluding carboxylic acids is 1. The second-order valence-electron chi connectivity index (χ2n) is 7.49. The van der Waals surface area contributed by atoms with E-state index >= 15 is 0 Å². The summed E-state index contributed by atoms with van der Waals surface area (Å²) >= 11 is 1.47. The molecule has 27 heavy (non-hydrogen) atoms. The zero-order chi connectivity index (χ0) is 19.9. The van der Waals surface area contributed by atoms with E-state index in [9.17, 15) is 13.2 Å². The fourth-order valence-electron chi connectivity index (χ4n) is 2.37. The summed E-state index contributed by atoms with van der Waals surface area (Å²) in [5.74, 6) is 0.848. The molecule has 1 unspecified atom stereocenters. The lowest BCUT2D eigenvalue weighted by Gasteiger charge is -2.19. The molecule has 1 heterocycles. The van der Waals surface area contributed by atoms with Gasteiger partial charge >= 0.3 is 0 Å². The molecule has 1 amide bonds. The van der Waals surface area contributed by atoms with Crippen LogP contribution < -0.4 is 10.0 Å². The van der Waals surface area contributed by atoms with Crippen molar-refractivity contribution in [3.63, 3.8) is 0 Å². The molecule has 7 nitrogen and oxygen atoms in total. The summed E-state index contributed by atoms with van der Waals surface area (Å²) in [6.07, 6.45) is 1.65. The van der Waals surface area contributed by atoms with Crippen molar-refractivity contribution in [2.24, 2.45) is 9.63 Å². The van der Waals surface area contributed by atoms with E-state index in [-0.39, 0.29) is 11.9 Å². The SMILES string of the molecule is CC(C)(C)S(=O)(=O)NCCCCC(=O)NCc1ccc(C2CSN=N2)cc1. The minimum absolute atomic E-state index is 0.0289. The first-order chi connectivity index (χ1) is 12.7. The Morgan fingerprint density at radius 1 is 1.22 bits per heavy atom. The summed E-state index contributed by atoms with van der Waals surface area (Å²) in [6.45, 7) is 5.81. The summed E-state index contributed by atoms with van der Waals surface area (Å²) in [7, 11) is -3.32. The quantitative estimate of drug-likeness (QED) is 0.480. The highest BCUT2D eigenvalue weighted by Crippen LogP contribution is 2.30. The molecule has 0 saturated carbocycles. The molecule has 9 heteroatoms. The van der Waals surface area contributed by atoms with Gasteiger partial charge in [-0.25, -0.2) is 13.1 Å². The van der Waals surface area contributed by atoms with Crippen molar-refractivity contribution in [1.82, 2.24) is 10.0 Å². The number of hydrogen-bond donors (Lipinski definition) is 2. The van der Waals surface area contributed by atoms with Gasteiger partial charge in [0.15, 0.2) is 0 Å². The summed E-state index contributed by atoms with van der Waals surface area (Å²) in [5.41, 5.74) is 2.17. The zero-order valence-corrected chi connectivity index (χ0v) is 17.7. The van der Waals surface area contributed by atoms with Gasteiger partial charge in [-0.2, -0.15) is 5.11 Å². The predicted octanol–water partition coefficient (Wildman–Crippen LogP) is 3.35. The molecule has 2 N–H and O–H groups in total. The first-order valence-corrected chi connectivity index (χ1v) is 11.5. The number of nitrogens with one attached hydrogen (secondary N) is 2. The monoisotopic (exact) mass is 412 g/mol. The highest BCUT2D eigenvalue weighted by Gasteiger charge is 2.27. The summed E-state index contributed by atoms with van der Waals surface area (Å²) in [5, 5.41) is 7.06. The first-order valence-electron chi connectivity index (χ1n) is 9.06. The van der Waals surface area contributed by atoms with Crippen molar-refractivity contribution >= 4 is 27.9 Å². The van der Waals surface area contributed by atoms with Gasteiger partial charge in [-0.1, -0.05) is 24.3 Å². The average molecular weight is 413 g/mol. The van der Waals surface area contributed by atoms with E-state index < -0.39 is 14.8 Å². The van der Waals surface area contributed by atoms with Crippen LogP contribution in [0.25, 0.3) is 0 Å². The lowest BCUT2D eigenvalue weighted by molar-refractivity contribution is -0.121. The standard InChI is InChI=1S/C18H28N4O3S2/c1-18(2,3)27(24,25)20-11-5-4-6-17(23)19-12-14-7-9-15(10-8-14)16-13-26-22-21-16/h7-10,16,20H,4-6,11-13H2,1-3H3,(H,19,23). The maximum atomic E-state index is 11.9. The van der Waals surface area contributed by atoms with Gasteiger partial charge in [-0.3, -0.25) is 4.79 Å². The molecular weight excluding hydrogens is 384 g/mol. The molecule has 0 spiro atoms. The third kappa shape index (κ3) is 6.90. The maximum absolute atomic E-state index is 11.9. The fourth-order valence-corrected chi connectivity index (χ4v) is 3.86. The smallest absolute Gasteiger partial charge is 0.220 e. The molecule has 0 saturated heterocycles. The van der Waals surface area contributed by atoms with Crippen LogP contribution in [0.1, 0.15) is 57.2 Å². The Morgan fingerprint density at radius 3 is 2.52 bits per heavy atom. The molecule has 0 fully saturated rings. The van der Waals surface area contributed by atoms with Crippen molar-refractivity contribution in [2.45, 2.75) is 57.4 Å². The van der Waals surface area contributed by atoms with Gasteiger partial charge in [0, 0.05) is 25.3 Å². The minimum atomic E-state index is -3.32. The molecule has 0 aliphatic carbocycles. The van der Waals surface area contributed by atoms with Crippen LogP contribution in [-0.2, 0) is 21.4 Å². The van der Waals surface area contributed by atoms with Gasteiger partial charge in [0.25, 0.3) is 0 Å². The van der Waals surface area contributed by atoms with E-state index in [2.05, 4.69) is 19.7 Å². The normalized spacial score (nSPS) is 17.2. The Hall–Kier alpha value is -1.45. The van der Waals surface area contributed by atoms with Crippen LogP contribution >= 0.6 is 11.9 Å². The van der Waals surface area contributed by atoms with Gasteiger partial charge < -0.3 is 5.32 Å². The highest BCUT2D eigenvalue weighted by atomic mass is 32.2. The van der Waals surface area contributed by atoms with E-state index in [0.29, 0.717) is 32.4 Å². The van der Waals surface area contributed by atoms with Crippen molar-refractivity contribution in [3.05, 3.63) is 35.4 Å². The van der Waals surface area contributed by atoms with Crippen molar-refractivity contribution in [1.29, 1.82) is 0 Å². The number of carbonyl (C=O) groups is 1. The van der Waals surface area contributed by atoms with Gasteiger partial charge in [0.05, 0.1) is 4.75 Å². The summed E-state index contributed by atoms with van der Waals surface area (Å²) in [6, 6.07) is 8.18. The van der Waals surface area contributed by atoms with Crippen molar-refractivity contribution in [3.8, 4) is 0 Å². The van der Waals surface area contributed by atoms with Gasteiger partial charge in [0.2, 0.25) is 15.9 Å². The molecule has 2 rings (SSSR count). The molecule has 1 aromatic carbocycles. The zero-order valence-electron chi connectivity index (χ0n) is 16.1. The number of hydrogen-bond acceptors (Lipinski definition) is 6. The van der Waals surface area contributed by atoms with Crippen molar-refractivity contribution in [2.75, 3.05) is 12.3 Å². The van der Waals surface area contributed by atoms with E-state index in [1.165, 1.54) is 11.9 Å². The van der Waals surface area contributed by atoms with Crippen LogP contribution in [0, 0.1) is 0 Å². The lowest BCUT2D eigenvalue weighted by atomic mass is 10.1. The second-order valence-corrected chi connectivity index (χ2v) is 10.8. The number of nitrogens with zero attached hydrogens (tertiary/aromatic N) is 2. The van der Waals surface area contributed by atoms with E-state index in [1.807, 2.05) is 24.3 Å². The van der Waals surface area contributed by atoms with E-state index in [4.69, 9.17) is 0 Å². The lowest BCUT2D eigenvalue weighted by Crippen LogP contribution is -2.39. The van der Waals surface area contributed by atoms with Crippen LogP contribution in [0.4, 0.5) is 0 Å². The topological polar surface area (TPSA) is 100.0 Å². The Labute approximate surface area is 166 Å². The molecule has 0 aromatic heterocycles. The van der Waals surface area contributed by atoms with E-state index in [0.717, 1.165) is 16.9 Å². The predicted molar refractivity (Wildman–Crippen MR) is 109 cm³/mol. The Balaban J connectivity index is 1.63. The number of unbranched alkanes of at least 4 members (excludes halogenated alkanes) is 1. The third-order valence-corrected chi connectivity index (χ3v) is 7.13. The number of rotatable bonds is 9. The van der Waals surface area contributed by atoms with Crippen LogP contribution in [0.5, 0.6) is 0 Å². The van der Waals surface area contributed by atoms with Gasteiger partial charge in [-0.05, 0) is 56.7 Å². The maximum Gasteiger partial charge on any atom is 0.220 e. The third-order valence-electron chi connectivity index (χ3n) is 4.26. The highest BCUT2D eigenvalue weighted by molar-refractivity contribution is 7.98. The van der Waals surface area contributed by atoms with Crippen LogP contribution in [0.2, 0.25) is 0 Å². The summed E-state index contributed by atoms with van der Waals surface area (Å²) < 4.78 is 29.5. The molecule has 0 bridgehead atoms. The molecule has 1 atom stereocenters. The first kappa shape index (κ1) is 21.8. The number of amides is 1. The van der Waals surface area contributed by atoms with Crippen LogP contribution in [-0.4, -0.2) is 31.4 Å².